The number of nitrogens with one attached hydrogen (secondary N) is 1. The number of alkyl carbamates (subject to hydrolysis) is 1. The Labute approximate surface area is 268 Å². The molecule has 1 aromatic carbocycles. The SMILES string of the molecule is CC(C)(C)OC(=O)N[C@@H]1CN(c2c(Cl)cnc3ccc(-c4cn(S(=O)(=O)C5(C)C=CC=CC5)c5ncccc45)cc23)CC12CC2. The first-order chi connectivity index (χ1) is 21.3. The third-order valence-corrected chi connectivity index (χ3v) is 11.8. The molecule has 4 aromatic rings. The summed E-state index contributed by atoms with van der Waals surface area (Å²) in [6.07, 6.45) is 14.2. The van der Waals surface area contributed by atoms with E-state index in [2.05, 4.69) is 20.2 Å². The lowest BCUT2D eigenvalue weighted by molar-refractivity contribution is 0.0493. The highest BCUT2D eigenvalue weighted by atomic mass is 35.5. The molecule has 1 N–H and O–H groups in total. The summed E-state index contributed by atoms with van der Waals surface area (Å²) >= 11 is 6.87. The fourth-order valence-electron chi connectivity index (χ4n) is 6.67. The molecule has 2 fully saturated rings. The smallest absolute Gasteiger partial charge is 0.407 e. The highest BCUT2D eigenvalue weighted by Gasteiger charge is 2.56. The second kappa shape index (κ2) is 10.3. The summed E-state index contributed by atoms with van der Waals surface area (Å²) in [6, 6.07) is 9.56. The zero-order valence-electron chi connectivity index (χ0n) is 25.7. The first kappa shape index (κ1) is 29.8. The maximum atomic E-state index is 14.1. The number of rotatable bonds is 5. The molecule has 1 spiro atoms. The average molecular weight is 646 g/mol. The van der Waals surface area contributed by atoms with E-state index < -0.39 is 26.5 Å². The Bertz CT molecular complexity index is 2030. The Morgan fingerprint density at radius 2 is 1.93 bits per heavy atom. The summed E-state index contributed by atoms with van der Waals surface area (Å²) in [7, 11) is -3.85. The Morgan fingerprint density at radius 3 is 2.64 bits per heavy atom. The van der Waals surface area contributed by atoms with Crippen molar-refractivity contribution in [2.45, 2.75) is 63.3 Å². The molecule has 2 aliphatic carbocycles. The number of aromatic nitrogens is 3. The quantitative estimate of drug-likeness (QED) is 0.253. The van der Waals surface area contributed by atoms with Crippen molar-refractivity contribution in [3.8, 4) is 11.1 Å². The summed E-state index contributed by atoms with van der Waals surface area (Å²) in [5.41, 5.74) is 2.97. The molecule has 1 aliphatic heterocycles. The van der Waals surface area contributed by atoms with Gasteiger partial charge in [-0.15, -0.1) is 0 Å². The predicted molar refractivity (Wildman–Crippen MR) is 178 cm³/mol. The van der Waals surface area contributed by atoms with Gasteiger partial charge >= 0.3 is 6.09 Å². The number of ether oxygens (including phenoxy) is 1. The van der Waals surface area contributed by atoms with E-state index in [-0.39, 0.29) is 11.5 Å². The molecule has 3 aromatic heterocycles. The molecular formula is C34H36ClN5O4S. The van der Waals surface area contributed by atoms with Crippen LogP contribution in [-0.4, -0.2) is 57.9 Å². The maximum absolute atomic E-state index is 14.1. The topological polar surface area (TPSA) is 106 Å². The van der Waals surface area contributed by atoms with Gasteiger partial charge in [0.05, 0.1) is 22.3 Å². The number of pyridine rings is 2. The molecule has 1 saturated heterocycles. The predicted octanol–water partition coefficient (Wildman–Crippen LogP) is 6.85. The van der Waals surface area contributed by atoms with Gasteiger partial charge < -0.3 is 15.0 Å². The Hall–Kier alpha value is -3.89. The lowest BCUT2D eigenvalue weighted by Crippen LogP contribution is -2.44. The number of carbonyl (C=O) groups is 1. The van der Waals surface area contributed by atoms with E-state index in [1.807, 2.05) is 63.3 Å². The van der Waals surface area contributed by atoms with Gasteiger partial charge in [0.25, 0.3) is 0 Å². The van der Waals surface area contributed by atoms with Crippen molar-refractivity contribution in [1.82, 2.24) is 19.3 Å². The maximum Gasteiger partial charge on any atom is 0.407 e. The van der Waals surface area contributed by atoms with Gasteiger partial charge in [-0.2, -0.15) is 0 Å². The molecule has 11 heteroatoms. The van der Waals surface area contributed by atoms with Crippen LogP contribution < -0.4 is 10.2 Å². The van der Waals surface area contributed by atoms with Crippen molar-refractivity contribution in [3.63, 3.8) is 0 Å². The lowest BCUT2D eigenvalue weighted by atomic mass is 10.0. The first-order valence-electron chi connectivity index (χ1n) is 15.2. The Balaban J connectivity index is 1.29. The third kappa shape index (κ3) is 5.08. The van der Waals surface area contributed by atoms with Crippen LogP contribution in [0.2, 0.25) is 5.02 Å². The molecule has 234 valence electrons. The number of amides is 1. The molecule has 1 saturated carbocycles. The number of benzene rings is 1. The second-order valence-electron chi connectivity index (χ2n) is 13.7. The minimum atomic E-state index is -3.85. The number of anilines is 1. The molecule has 4 heterocycles. The summed E-state index contributed by atoms with van der Waals surface area (Å²) in [6.45, 7) is 8.64. The highest BCUT2D eigenvalue weighted by molar-refractivity contribution is 7.91. The molecule has 0 bridgehead atoms. The first-order valence-corrected chi connectivity index (χ1v) is 17.0. The van der Waals surface area contributed by atoms with E-state index in [0.29, 0.717) is 23.6 Å². The highest BCUT2D eigenvalue weighted by Crippen LogP contribution is 2.55. The van der Waals surface area contributed by atoms with Crippen LogP contribution in [0, 0.1) is 5.41 Å². The molecule has 0 radical (unpaired) electrons. The van der Waals surface area contributed by atoms with Crippen LogP contribution in [-0.2, 0) is 14.8 Å². The van der Waals surface area contributed by atoms with E-state index in [9.17, 15) is 13.2 Å². The van der Waals surface area contributed by atoms with Gasteiger partial charge in [-0.3, -0.25) is 4.98 Å². The van der Waals surface area contributed by atoms with Crippen molar-refractivity contribution in [3.05, 3.63) is 78.2 Å². The molecule has 1 unspecified atom stereocenters. The molecule has 45 heavy (non-hydrogen) atoms. The van der Waals surface area contributed by atoms with Crippen molar-refractivity contribution >= 4 is 55.3 Å². The standard InChI is InChI=1S/C34H36ClN5O4S/c1-32(2,3)44-31(41)38-28-20-39(21-34(28)14-15-34)29-24-17-22(10-11-27(24)37-18-26(29)35)25-19-40(30-23(25)9-8-16-36-30)45(42,43)33(4)12-6-5-7-13-33/h5-12,16-19,28H,13-15,20-21H2,1-4H3,(H,38,41)/t28-,33?/m1/s1. The fraction of sp³-hybridized carbons (Fsp3) is 0.382. The number of allylic oxidation sites excluding steroid dienone is 3. The number of hydrogen-bond acceptors (Lipinski definition) is 7. The fourth-order valence-corrected chi connectivity index (χ4v) is 8.56. The van der Waals surface area contributed by atoms with Crippen LogP contribution in [0.4, 0.5) is 10.5 Å². The van der Waals surface area contributed by atoms with Crippen LogP contribution in [0.15, 0.2) is 73.2 Å². The molecular weight excluding hydrogens is 610 g/mol. The third-order valence-electron chi connectivity index (χ3n) is 9.25. The summed E-state index contributed by atoms with van der Waals surface area (Å²) in [5.74, 6) is 0. The molecule has 9 nitrogen and oxygen atoms in total. The summed E-state index contributed by atoms with van der Waals surface area (Å²) in [5, 5.41) is 5.23. The number of nitrogens with zero attached hydrogens (tertiary/aromatic N) is 4. The van der Waals surface area contributed by atoms with Gasteiger partial charge in [-0.25, -0.2) is 22.2 Å². The number of fused-ring (bicyclic) bond motifs is 2. The summed E-state index contributed by atoms with van der Waals surface area (Å²) < 4.78 is 33.9. The van der Waals surface area contributed by atoms with Crippen LogP contribution >= 0.6 is 11.6 Å². The van der Waals surface area contributed by atoms with E-state index >= 15 is 0 Å². The van der Waals surface area contributed by atoms with E-state index in [4.69, 9.17) is 16.3 Å². The van der Waals surface area contributed by atoms with Crippen LogP contribution in [0.25, 0.3) is 33.1 Å². The minimum Gasteiger partial charge on any atom is -0.444 e. The number of carbonyl (C=O) groups excluding carboxylic acids is 1. The zero-order chi connectivity index (χ0) is 31.8. The van der Waals surface area contributed by atoms with Gasteiger partial charge in [0.15, 0.2) is 5.65 Å². The monoisotopic (exact) mass is 645 g/mol. The lowest BCUT2D eigenvalue weighted by Gasteiger charge is -2.26. The number of hydrogen-bond donors (Lipinski definition) is 1. The van der Waals surface area contributed by atoms with Crippen LogP contribution in [0.1, 0.15) is 47.0 Å². The van der Waals surface area contributed by atoms with Gasteiger partial charge in [0.1, 0.15) is 10.3 Å². The minimum absolute atomic E-state index is 0.0280. The average Bonchev–Trinajstić information content (AvgIpc) is 3.53. The largest absolute Gasteiger partial charge is 0.444 e. The van der Waals surface area contributed by atoms with Crippen molar-refractivity contribution in [2.75, 3.05) is 18.0 Å². The molecule has 7 rings (SSSR count). The Morgan fingerprint density at radius 1 is 1.13 bits per heavy atom. The molecule has 3 aliphatic rings. The normalized spacial score (nSPS) is 22.4. The summed E-state index contributed by atoms with van der Waals surface area (Å²) in [4.78, 5) is 24.1. The van der Waals surface area contributed by atoms with Gasteiger partial charge in [0.2, 0.25) is 10.0 Å². The van der Waals surface area contributed by atoms with Gasteiger partial charge in [-0.1, -0.05) is 42.0 Å². The van der Waals surface area contributed by atoms with E-state index in [1.54, 1.807) is 37.7 Å². The van der Waals surface area contributed by atoms with Crippen LogP contribution in [0.5, 0.6) is 0 Å². The van der Waals surface area contributed by atoms with Gasteiger partial charge in [-0.05, 0) is 76.8 Å². The molecule has 1 amide bonds. The zero-order valence-corrected chi connectivity index (χ0v) is 27.3. The molecule has 2 atom stereocenters. The second-order valence-corrected chi connectivity index (χ2v) is 16.3. The van der Waals surface area contributed by atoms with E-state index in [1.165, 1.54) is 3.97 Å². The van der Waals surface area contributed by atoms with Gasteiger partial charge in [0, 0.05) is 53.4 Å². The Kier molecular flexibility index (Phi) is 6.83. The number of halogens is 1. The van der Waals surface area contributed by atoms with Crippen molar-refractivity contribution in [2.24, 2.45) is 5.41 Å². The van der Waals surface area contributed by atoms with Crippen LogP contribution in [0.3, 0.4) is 0 Å². The van der Waals surface area contributed by atoms with Crippen molar-refractivity contribution < 1.29 is 17.9 Å². The van der Waals surface area contributed by atoms with Crippen molar-refractivity contribution in [1.29, 1.82) is 0 Å². The van der Waals surface area contributed by atoms with E-state index in [0.717, 1.165) is 52.5 Å².